The summed E-state index contributed by atoms with van der Waals surface area (Å²) in [6.07, 6.45) is 8.02. The number of hydrogen-bond donors (Lipinski definition) is 2. The van der Waals surface area contributed by atoms with Crippen LogP contribution in [0.25, 0.3) is 0 Å². The summed E-state index contributed by atoms with van der Waals surface area (Å²) in [7, 11) is 0. The van der Waals surface area contributed by atoms with E-state index in [1.165, 1.54) is 11.3 Å². The predicted molar refractivity (Wildman–Crippen MR) is 110 cm³/mol. The fourth-order valence-corrected chi connectivity index (χ4v) is 6.44. The number of carboxylic acid groups (broad SMARTS) is 1. The van der Waals surface area contributed by atoms with Gasteiger partial charge in [-0.15, -0.1) is 11.3 Å². The summed E-state index contributed by atoms with van der Waals surface area (Å²) in [5.41, 5.74) is 1.47. The minimum absolute atomic E-state index is 0.0498. The van der Waals surface area contributed by atoms with E-state index >= 15 is 0 Å². The van der Waals surface area contributed by atoms with E-state index in [1.54, 1.807) is 0 Å². The van der Waals surface area contributed by atoms with Crippen LogP contribution in [0.15, 0.2) is 12.2 Å². The summed E-state index contributed by atoms with van der Waals surface area (Å²) in [5, 5.41) is 13.1. The van der Waals surface area contributed by atoms with E-state index in [4.69, 9.17) is 4.74 Å². The van der Waals surface area contributed by atoms with Crippen LogP contribution in [-0.2, 0) is 27.2 Å². The number of amides is 1. The van der Waals surface area contributed by atoms with Gasteiger partial charge in [-0.3, -0.25) is 9.59 Å². The summed E-state index contributed by atoms with van der Waals surface area (Å²) in [5.74, 6) is -2.51. The first-order valence-corrected chi connectivity index (χ1v) is 11.3. The van der Waals surface area contributed by atoms with E-state index in [9.17, 15) is 19.5 Å². The molecule has 1 aromatic rings. The molecule has 3 aliphatic carbocycles. The highest BCUT2D eigenvalue weighted by molar-refractivity contribution is 7.17. The van der Waals surface area contributed by atoms with Gasteiger partial charge in [-0.1, -0.05) is 26.0 Å². The van der Waals surface area contributed by atoms with Crippen molar-refractivity contribution in [2.75, 3.05) is 11.9 Å². The van der Waals surface area contributed by atoms with Gasteiger partial charge < -0.3 is 15.2 Å². The first-order chi connectivity index (χ1) is 13.9. The molecule has 156 valence electrons. The van der Waals surface area contributed by atoms with Gasteiger partial charge in [-0.2, -0.15) is 0 Å². The van der Waals surface area contributed by atoms with Crippen LogP contribution in [0.5, 0.6) is 0 Å². The third-order valence-corrected chi connectivity index (χ3v) is 7.61. The molecule has 29 heavy (non-hydrogen) atoms. The molecule has 5 atom stereocenters. The van der Waals surface area contributed by atoms with Crippen molar-refractivity contribution in [2.24, 2.45) is 29.6 Å². The minimum atomic E-state index is -0.927. The Morgan fingerprint density at radius 1 is 1.24 bits per heavy atom. The maximum absolute atomic E-state index is 13.1. The number of carboxylic acids is 1. The molecule has 1 amide bonds. The molecule has 7 heteroatoms. The maximum atomic E-state index is 13.1. The summed E-state index contributed by atoms with van der Waals surface area (Å²) < 4.78 is 5.40. The average Bonchev–Trinajstić information content (AvgIpc) is 3.37. The highest BCUT2D eigenvalue weighted by atomic mass is 32.1. The topological polar surface area (TPSA) is 92.7 Å². The van der Waals surface area contributed by atoms with Gasteiger partial charge in [0.2, 0.25) is 5.91 Å². The SMILES string of the molecule is CCCOC(=O)c1c(NC(=O)[C@H]2[C@@H](C(=O)O)[C@@H]3C=C[C@@H]2C3)sc2c1CC[C@@H](C)C2. The number of thiophene rings is 1. The number of ether oxygens (including phenoxy) is 1. The van der Waals surface area contributed by atoms with Crippen molar-refractivity contribution >= 4 is 34.2 Å². The summed E-state index contributed by atoms with van der Waals surface area (Å²) in [6.45, 7) is 4.47. The Kier molecular flexibility index (Phi) is 5.51. The zero-order valence-electron chi connectivity index (χ0n) is 16.8. The zero-order valence-corrected chi connectivity index (χ0v) is 17.6. The highest BCUT2D eigenvalue weighted by Crippen LogP contribution is 2.49. The molecule has 1 aromatic heterocycles. The quantitative estimate of drug-likeness (QED) is 0.541. The number of hydrogen-bond acceptors (Lipinski definition) is 5. The van der Waals surface area contributed by atoms with Crippen molar-refractivity contribution < 1.29 is 24.2 Å². The molecule has 0 unspecified atom stereocenters. The Morgan fingerprint density at radius 3 is 2.66 bits per heavy atom. The van der Waals surface area contributed by atoms with Crippen LogP contribution in [0.2, 0.25) is 0 Å². The molecule has 1 heterocycles. The molecule has 6 nitrogen and oxygen atoms in total. The average molecular weight is 418 g/mol. The van der Waals surface area contributed by atoms with E-state index in [2.05, 4.69) is 12.2 Å². The van der Waals surface area contributed by atoms with Crippen LogP contribution in [0, 0.1) is 29.6 Å². The third kappa shape index (κ3) is 3.61. The number of carbonyl (C=O) groups is 3. The van der Waals surface area contributed by atoms with Gasteiger partial charge in [0.25, 0.3) is 0 Å². The lowest BCUT2D eigenvalue weighted by Gasteiger charge is -2.23. The van der Waals surface area contributed by atoms with Crippen molar-refractivity contribution in [1.29, 1.82) is 0 Å². The number of nitrogens with one attached hydrogen (secondary N) is 1. The van der Waals surface area contributed by atoms with Gasteiger partial charge in [-0.25, -0.2) is 4.79 Å². The number of rotatable bonds is 6. The van der Waals surface area contributed by atoms with Crippen molar-refractivity contribution in [3.8, 4) is 0 Å². The second-order valence-corrected chi connectivity index (χ2v) is 9.62. The first-order valence-electron chi connectivity index (χ1n) is 10.4. The van der Waals surface area contributed by atoms with Crippen molar-refractivity contribution in [2.45, 2.75) is 46.0 Å². The van der Waals surface area contributed by atoms with E-state index in [-0.39, 0.29) is 17.7 Å². The highest BCUT2D eigenvalue weighted by Gasteiger charge is 2.51. The molecule has 1 fully saturated rings. The van der Waals surface area contributed by atoms with Gasteiger partial charge in [0.15, 0.2) is 0 Å². The largest absolute Gasteiger partial charge is 0.481 e. The number of allylic oxidation sites excluding steroid dienone is 2. The van der Waals surface area contributed by atoms with E-state index in [0.29, 0.717) is 29.5 Å². The number of anilines is 1. The third-order valence-electron chi connectivity index (χ3n) is 6.44. The zero-order chi connectivity index (χ0) is 20.7. The molecule has 2 N–H and O–H groups in total. The lowest BCUT2D eigenvalue weighted by atomic mass is 9.82. The molecule has 3 aliphatic rings. The van der Waals surface area contributed by atoms with E-state index in [0.717, 1.165) is 36.1 Å². The Morgan fingerprint density at radius 2 is 1.97 bits per heavy atom. The first kappa shape index (κ1) is 20.1. The number of esters is 1. The van der Waals surface area contributed by atoms with Gasteiger partial charge in [-0.05, 0) is 55.4 Å². The Hall–Kier alpha value is -2.15. The van der Waals surface area contributed by atoms with Crippen LogP contribution in [0.1, 0.15) is 53.9 Å². The minimum Gasteiger partial charge on any atom is -0.481 e. The van der Waals surface area contributed by atoms with Crippen molar-refractivity contribution in [1.82, 2.24) is 0 Å². The summed E-state index contributed by atoms with van der Waals surface area (Å²) in [6, 6.07) is 0. The Labute approximate surface area is 174 Å². The lowest BCUT2D eigenvalue weighted by Crippen LogP contribution is -2.36. The van der Waals surface area contributed by atoms with Crippen LogP contribution in [0.3, 0.4) is 0 Å². The van der Waals surface area contributed by atoms with Crippen molar-refractivity contribution in [3.63, 3.8) is 0 Å². The number of aliphatic carboxylic acids is 1. The number of carbonyl (C=O) groups excluding carboxylic acids is 2. The van der Waals surface area contributed by atoms with E-state index in [1.807, 2.05) is 19.1 Å². The maximum Gasteiger partial charge on any atom is 0.341 e. The lowest BCUT2D eigenvalue weighted by molar-refractivity contribution is -0.146. The van der Waals surface area contributed by atoms with Crippen LogP contribution < -0.4 is 5.32 Å². The van der Waals surface area contributed by atoms with Gasteiger partial charge >= 0.3 is 11.9 Å². The smallest absolute Gasteiger partial charge is 0.341 e. The normalized spacial score (nSPS) is 29.5. The van der Waals surface area contributed by atoms with Crippen LogP contribution in [-0.4, -0.2) is 29.6 Å². The van der Waals surface area contributed by atoms with Crippen molar-refractivity contribution in [3.05, 3.63) is 28.2 Å². The van der Waals surface area contributed by atoms with Crippen LogP contribution in [0.4, 0.5) is 5.00 Å². The molecule has 0 aromatic carbocycles. The molecular weight excluding hydrogens is 390 g/mol. The van der Waals surface area contributed by atoms with Crippen LogP contribution >= 0.6 is 11.3 Å². The fourth-order valence-electron chi connectivity index (χ4n) is 5.03. The second kappa shape index (κ2) is 7.94. The molecule has 0 saturated heterocycles. The monoisotopic (exact) mass is 417 g/mol. The molecule has 2 bridgehead atoms. The Bertz CT molecular complexity index is 873. The second-order valence-electron chi connectivity index (χ2n) is 8.52. The van der Waals surface area contributed by atoms with Gasteiger partial charge in [0.1, 0.15) is 5.00 Å². The summed E-state index contributed by atoms with van der Waals surface area (Å²) >= 11 is 1.45. The molecule has 1 saturated carbocycles. The molecule has 0 aliphatic heterocycles. The van der Waals surface area contributed by atoms with E-state index < -0.39 is 23.8 Å². The molecular formula is C22H27NO5S. The fraction of sp³-hybridized carbons (Fsp3) is 0.591. The molecule has 0 radical (unpaired) electrons. The van der Waals surface area contributed by atoms with Gasteiger partial charge in [0, 0.05) is 4.88 Å². The standard InChI is InChI=1S/C22H27NO5S/c1-3-8-28-22(27)18-14-7-4-11(2)9-15(14)29-20(18)23-19(24)16-12-5-6-13(10-12)17(16)21(25)26/h5-6,11-13,16-17H,3-4,7-10H2,1-2H3,(H,23,24)(H,25,26)/t11-,12-,13-,16-,17+/m1/s1. The molecule has 0 spiro atoms. The Balaban J connectivity index is 1.62. The van der Waals surface area contributed by atoms with Gasteiger partial charge in [0.05, 0.1) is 24.0 Å². The molecule has 4 rings (SSSR count). The summed E-state index contributed by atoms with van der Waals surface area (Å²) in [4.78, 5) is 38.8. The predicted octanol–water partition coefficient (Wildman–Crippen LogP) is 3.90. The number of fused-ring (bicyclic) bond motifs is 3.